The topological polar surface area (TPSA) is 52.0 Å². The van der Waals surface area contributed by atoms with E-state index < -0.39 is 0 Å². The number of hydrogen-bond donors (Lipinski definition) is 2. The van der Waals surface area contributed by atoms with Gasteiger partial charge in [0.2, 0.25) is 0 Å². The third-order valence-electron chi connectivity index (χ3n) is 5.54. The first kappa shape index (κ1) is 17.3. The second-order valence-corrected chi connectivity index (χ2v) is 6.96. The molecule has 134 valence electrons. The Bertz CT molecular complexity index is 975. The molecule has 1 aliphatic rings. The van der Waals surface area contributed by atoms with Crippen molar-refractivity contribution in [2.75, 3.05) is 12.3 Å². The molecule has 2 heteroatoms. The molecule has 4 N–H and O–H groups in total. The molecule has 0 bridgehead atoms. The number of nitrogens with two attached hydrogens (primary N) is 2. The predicted molar refractivity (Wildman–Crippen MR) is 114 cm³/mol. The quantitative estimate of drug-likeness (QED) is 0.656. The van der Waals surface area contributed by atoms with Crippen LogP contribution in [0.3, 0.4) is 0 Å². The lowest BCUT2D eigenvalue weighted by Crippen LogP contribution is -2.28. The molecule has 1 aliphatic carbocycles. The van der Waals surface area contributed by atoms with Crippen LogP contribution in [-0.4, -0.2) is 6.54 Å². The molecule has 0 amide bonds. The van der Waals surface area contributed by atoms with Crippen molar-refractivity contribution in [1.82, 2.24) is 0 Å². The first-order chi connectivity index (χ1) is 13.2. The molecule has 0 spiro atoms. The van der Waals surface area contributed by atoms with Gasteiger partial charge in [0.05, 0.1) is 5.41 Å². The van der Waals surface area contributed by atoms with E-state index >= 15 is 0 Å². The Kier molecular flexibility index (Phi) is 4.43. The van der Waals surface area contributed by atoms with Crippen molar-refractivity contribution in [3.63, 3.8) is 0 Å². The van der Waals surface area contributed by atoms with Crippen LogP contribution in [0.5, 0.6) is 0 Å². The van der Waals surface area contributed by atoms with Crippen LogP contribution in [0.4, 0.5) is 5.69 Å². The van der Waals surface area contributed by atoms with Crippen molar-refractivity contribution < 1.29 is 0 Å². The van der Waals surface area contributed by atoms with Gasteiger partial charge < -0.3 is 11.5 Å². The number of anilines is 1. The summed E-state index contributed by atoms with van der Waals surface area (Å²) in [6.45, 7) is 2.74. The lowest BCUT2D eigenvalue weighted by molar-refractivity contribution is 0.743. The molecular weight excluding hydrogens is 328 g/mol. The first-order valence-electron chi connectivity index (χ1n) is 9.29. The maximum absolute atomic E-state index is 6.16. The number of hydrogen-bond acceptors (Lipinski definition) is 2. The zero-order chi connectivity index (χ0) is 18.9. The largest absolute Gasteiger partial charge is 0.399 e. The highest BCUT2D eigenvalue weighted by Crippen LogP contribution is 2.54. The summed E-state index contributed by atoms with van der Waals surface area (Å²) in [6.07, 6.45) is 4.15. The molecule has 3 aromatic rings. The molecular formula is C25H24N2. The Hall–Kier alpha value is -3.10. The molecule has 27 heavy (non-hydrogen) atoms. The van der Waals surface area contributed by atoms with Crippen LogP contribution >= 0.6 is 0 Å². The van der Waals surface area contributed by atoms with E-state index in [-0.39, 0.29) is 5.41 Å². The van der Waals surface area contributed by atoms with E-state index in [9.17, 15) is 0 Å². The summed E-state index contributed by atoms with van der Waals surface area (Å²) < 4.78 is 0. The van der Waals surface area contributed by atoms with Gasteiger partial charge in [0.15, 0.2) is 0 Å². The summed E-state index contributed by atoms with van der Waals surface area (Å²) in [6, 6.07) is 27.7. The molecule has 0 aliphatic heterocycles. The van der Waals surface area contributed by atoms with E-state index in [4.69, 9.17) is 11.5 Å². The predicted octanol–water partition coefficient (Wildman–Crippen LogP) is 4.91. The van der Waals surface area contributed by atoms with Crippen molar-refractivity contribution in [3.05, 3.63) is 119 Å². The van der Waals surface area contributed by atoms with Crippen LogP contribution in [-0.2, 0) is 5.41 Å². The highest BCUT2D eigenvalue weighted by Gasteiger charge is 2.45. The molecule has 0 atom stereocenters. The maximum atomic E-state index is 6.16. The summed E-state index contributed by atoms with van der Waals surface area (Å²) in [5.41, 5.74) is 19.8. The van der Waals surface area contributed by atoms with Gasteiger partial charge in [-0.3, -0.25) is 0 Å². The van der Waals surface area contributed by atoms with Gasteiger partial charge in [-0.15, -0.1) is 0 Å². The zero-order valence-corrected chi connectivity index (χ0v) is 15.5. The van der Waals surface area contributed by atoms with Crippen molar-refractivity contribution in [2.24, 2.45) is 5.73 Å². The molecule has 0 unspecified atom stereocenters. The van der Waals surface area contributed by atoms with Gasteiger partial charge in [-0.25, -0.2) is 0 Å². The van der Waals surface area contributed by atoms with Crippen molar-refractivity contribution in [1.29, 1.82) is 0 Å². The van der Waals surface area contributed by atoms with Crippen LogP contribution in [0.15, 0.2) is 96.6 Å². The Labute approximate surface area is 160 Å². The number of nitrogen functional groups attached to an aromatic ring is 1. The summed E-state index contributed by atoms with van der Waals surface area (Å²) in [4.78, 5) is 0. The number of rotatable bonds is 4. The number of fused-ring (bicyclic) bond motifs is 1. The highest BCUT2D eigenvalue weighted by molar-refractivity contribution is 5.90. The fourth-order valence-electron chi connectivity index (χ4n) is 4.41. The van der Waals surface area contributed by atoms with E-state index in [1.54, 1.807) is 0 Å². The molecule has 0 fully saturated rings. The zero-order valence-electron chi connectivity index (χ0n) is 15.5. The molecule has 0 saturated heterocycles. The Morgan fingerprint density at radius 3 is 2.00 bits per heavy atom. The number of benzene rings is 3. The number of allylic oxidation sites excluding steroid dienone is 3. The average molecular weight is 352 g/mol. The SMILES string of the molecule is CC1=C(/C=C\CN)c2cc(N)ccc2C1(c1ccccc1)c1ccccc1. The molecule has 2 nitrogen and oxygen atoms in total. The average Bonchev–Trinajstić information content (AvgIpc) is 2.95. The van der Waals surface area contributed by atoms with E-state index in [2.05, 4.69) is 85.8 Å². The van der Waals surface area contributed by atoms with Crippen LogP contribution < -0.4 is 11.5 Å². The lowest BCUT2D eigenvalue weighted by atomic mass is 9.67. The van der Waals surface area contributed by atoms with E-state index in [1.807, 2.05) is 12.1 Å². The Morgan fingerprint density at radius 1 is 0.852 bits per heavy atom. The maximum Gasteiger partial charge on any atom is 0.0673 e. The van der Waals surface area contributed by atoms with E-state index in [0.717, 1.165) is 5.69 Å². The smallest absolute Gasteiger partial charge is 0.0673 e. The van der Waals surface area contributed by atoms with Crippen molar-refractivity contribution in [2.45, 2.75) is 12.3 Å². The molecule has 4 rings (SSSR count). The van der Waals surface area contributed by atoms with E-state index in [0.29, 0.717) is 6.54 Å². The van der Waals surface area contributed by atoms with Crippen LogP contribution in [0.2, 0.25) is 0 Å². The molecule has 0 radical (unpaired) electrons. The fourth-order valence-corrected chi connectivity index (χ4v) is 4.41. The molecule has 3 aromatic carbocycles. The van der Waals surface area contributed by atoms with Crippen molar-refractivity contribution in [3.8, 4) is 0 Å². The second kappa shape index (κ2) is 6.90. The Morgan fingerprint density at radius 2 is 1.44 bits per heavy atom. The summed E-state index contributed by atoms with van der Waals surface area (Å²) in [7, 11) is 0. The monoisotopic (exact) mass is 352 g/mol. The second-order valence-electron chi connectivity index (χ2n) is 6.96. The minimum atomic E-state index is -0.334. The molecule has 0 saturated carbocycles. The standard InChI is InChI=1S/C25H24N2/c1-18-22(13-8-16-26)23-17-21(27)14-15-24(23)25(18,19-9-4-2-5-10-19)20-11-6-3-7-12-20/h2-15,17H,16,26-27H2,1H3/b13-8-. The van der Waals surface area contributed by atoms with Gasteiger partial charge in [-0.2, -0.15) is 0 Å². The van der Waals surface area contributed by atoms with Gasteiger partial charge in [-0.05, 0) is 52.5 Å². The van der Waals surface area contributed by atoms with Gasteiger partial charge in [0, 0.05) is 12.2 Å². The first-order valence-corrected chi connectivity index (χ1v) is 9.29. The summed E-state index contributed by atoms with van der Waals surface area (Å²) in [5, 5.41) is 0. The van der Waals surface area contributed by atoms with Crippen LogP contribution in [0.25, 0.3) is 5.57 Å². The minimum absolute atomic E-state index is 0.334. The van der Waals surface area contributed by atoms with Crippen molar-refractivity contribution >= 4 is 11.3 Å². The highest BCUT2D eigenvalue weighted by atomic mass is 14.6. The summed E-state index contributed by atoms with van der Waals surface area (Å²) in [5.74, 6) is 0. The minimum Gasteiger partial charge on any atom is -0.399 e. The third kappa shape index (κ3) is 2.61. The van der Waals surface area contributed by atoms with Gasteiger partial charge in [0.25, 0.3) is 0 Å². The Balaban J connectivity index is 2.13. The third-order valence-corrected chi connectivity index (χ3v) is 5.54. The molecule has 0 aromatic heterocycles. The van der Waals surface area contributed by atoms with Gasteiger partial charge >= 0.3 is 0 Å². The summed E-state index contributed by atoms with van der Waals surface area (Å²) >= 11 is 0. The normalized spacial score (nSPS) is 15.3. The lowest BCUT2D eigenvalue weighted by Gasteiger charge is -2.34. The van der Waals surface area contributed by atoms with Crippen LogP contribution in [0, 0.1) is 0 Å². The molecule has 0 heterocycles. The van der Waals surface area contributed by atoms with Crippen LogP contribution in [0.1, 0.15) is 29.2 Å². The van der Waals surface area contributed by atoms with E-state index in [1.165, 1.54) is 33.4 Å². The van der Waals surface area contributed by atoms with Gasteiger partial charge in [-0.1, -0.05) is 78.9 Å². The fraction of sp³-hybridized carbons (Fsp3) is 0.120. The van der Waals surface area contributed by atoms with Gasteiger partial charge in [0.1, 0.15) is 0 Å².